The molecule has 8 heteroatoms. The molecule has 0 aliphatic rings. The molecule has 2 aromatic carbocycles. The Morgan fingerprint density at radius 2 is 1.70 bits per heavy atom. The average molecular weight is 475 g/mol. The molecule has 3 N–H and O–H groups in total. The number of ether oxygens (including phenoxy) is 1. The van der Waals surface area contributed by atoms with Crippen molar-refractivity contribution in [3.8, 4) is 5.75 Å². The van der Waals surface area contributed by atoms with Crippen molar-refractivity contribution in [1.29, 1.82) is 0 Å². The number of hydrogen-bond acceptors (Lipinski definition) is 4. The highest BCUT2D eigenvalue weighted by Gasteiger charge is 2.26. The summed E-state index contributed by atoms with van der Waals surface area (Å²) in [6, 6.07) is 12.6. The van der Waals surface area contributed by atoms with Crippen molar-refractivity contribution in [1.82, 2.24) is 10.6 Å². The first kappa shape index (κ1) is 23.2. The van der Waals surface area contributed by atoms with E-state index in [1.807, 2.05) is 0 Å². The average Bonchev–Trinajstić information content (AvgIpc) is 2.72. The van der Waals surface area contributed by atoms with Gasteiger partial charge in [-0.1, -0.05) is 54.0 Å². The van der Waals surface area contributed by atoms with Gasteiger partial charge in [0.25, 0.3) is 11.8 Å². The quantitative estimate of drug-likeness (QED) is 0.508. The molecule has 0 fully saturated rings. The molecule has 158 valence electrons. The van der Waals surface area contributed by atoms with Crippen molar-refractivity contribution in [2.24, 2.45) is 5.92 Å². The number of hydrogen-bond donors (Lipinski definition) is 3. The van der Waals surface area contributed by atoms with Crippen LogP contribution in [0.2, 0.25) is 0 Å². The second-order valence-corrected chi connectivity index (χ2v) is 7.71. The molecule has 0 unspecified atom stereocenters. The van der Waals surface area contributed by atoms with Crippen LogP contribution in [0.15, 0.2) is 58.7 Å². The summed E-state index contributed by atoms with van der Waals surface area (Å²) in [4.78, 5) is 37.1. The van der Waals surface area contributed by atoms with Crippen LogP contribution in [0.4, 0.5) is 0 Å². The molecule has 1 atom stereocenters. The van der Waals surface area contributed by atoms with E-state index < -0.39 is 23.8 Å². The van der Waals surface area contributed by atoms with Crippen molar-refractivity contribution in [3.63, 3.8) is 0 Å². The number of amides is 2. The van der Waals surface area contributed by atoms with E-state index in [9.17, 15) is 19.5 Å². The topological polar surface area (TPSA) is 105 Å². The molecule has 0 aliphatic heterocycles. The SMILES string of the molecule is COc1ccccc1C(=O)N/C(=C\c1ccc(Br)cc1)C(=O)N[C@@H](C(=O)O)C(C)C. The van der Waals surface area contributed by atoms with Gasteiger partial charge in [-0.2, -0.15) is 0 Å². The Kier molecular flexibility index (Phi) is 8.17. The van der Waals surface area contributed by atoms with Crippen LogP contribution in [0.5, 0.6) is 5.75 Å². The minimum Gasteiger partial charge on any atom is -0.496 e. The van der Waals surface area contributed by atoms with E-state index in [2.05, 4.69) is 26.6 Å². The van der Waals surface area contributed by atoms with Crippen molar-refractivity contribution < 1.29 is 24.2 Å². The van der Waals surface area contributed by atoms with Crippen molar-refractivity contribution in [3.05, 3.63) is 69.8 Å². The molecule has 0 radical (unpaired) electrons. The lowest BCUT2D eigenvalue weighted by molar-refractivity contribution is -0.142. The number of methoxy groups -OCH3 is 1. The summed E-state index contributed by atoms with van der Waals surface area (Å²) in [5, 5.41) is 14.4. The minimum atomic E-state index is -1.16. The lowest BCUT2D eigenvalue weighted by atomic mass is 10.0. The molecule has 30 heavy (non-hydrogen) atoms. The number of nitrogens with one attached hydrogen (secondary N) is 2. The van der Waals surface area contributed by atoms with Gasteiger partial charge in [-0.15, -0.1) is 0 Å². The van der Waals surface area contributed by atoms with Crippen LogP contribution < -0.4 is 15.4 Å². The van der Waals surface area contributed by atoms with Gasteiger partial charge in [0.15, 0.2) is 0 Å². The molecule has 2 aromatic rings. The summed E-state index contributed by atoms with van der Waals surface area (Å²) in [5.74, 6) is -2.41. The third kappa shape index (κ3) is 6.18. The number of rotatable bonds is 8. The molecule has 0 bridgehead atoms. The summed E-state index contributed by atoms with van der Waals surface area (Å²) in [6.07, 6.45) is 1.48. The second-order valence-electron chi connectivity index (χ2n) is 6.80. The fraction of sp³-hybridized carbons (Fsp3) is 0.227. The van der Waals surface area contributed by atoms with Crippen LogP contribution in [-0.4, -0.2) is 36.0 Å². The van der Waals surface area contributed by atoms with Gasteiger partial charge in [0.1, 0.15) is 17.5 Å². The second kappa shape index (κ2) is 10.6. The third-order valence-electron chi connectivity index (χ3n) is 4.24. The number of carbonyl (C=O) groups excluding carboxylic acids is 2. The highest BCUT2D eigenvalue weighted by Crippen LogP contribution is 2.18. The van der Waals surface area contributed by atoms with E-state index in [-0.39, 0.29) is 17.2 Å². The highest BCUT2D eigenvalue weighted by molar-refractivity contribution is 9.10. The van der Waals surface area contributed by atoms with Crippen LogP contribution in [0, 0.1) is 5.92 Å². The molecule has 2 rings (SSSR count). The number of benzene rings is 2. The molecular formula is C22H23BrN2O5. The molecule has 0 aromatic heterocycles. The van der Waals surface area contributed by atoms with Gasteiger partial charge < -0.3 is 20.5 Å². The summed E-state index contributed by atoms with van der Waals surface area (Å²) in [7, 11) is 1.44. The van der Waals surface area contributed by atoms with Crippen LogP contribution in [-0.2, 0) is 9.59 Å². The molecule has 0 heterocycles. The number of carboxylic acid groups (broad SMARTS) is 1. The Balaban J connectivity index is 2.38. The Labute approximate surface area is 183 Å². The van der Waals surface area contributed by atoms with Crippen molar-refractivity contribution in [2.45, 2.75) is 19.9 Å². The Bertz CT molecular complexity index is 954. The van der Waals surface area contributed by atoms with Gasteiger partial charge in [0.2, 0.25) is 0 Å². The van der Waals surface area contributed by atoms with E-state index in [0.29, 0.717) is 11.3 Å². The molecule has 0 aliphatic carbocycles. The number of halogens is 1. The maximum absolute atomic E-state index is 12.9. The number of carboxylic acids is 1. The largest absolute Gasteiger partial charge is 0.496 e. The van der Waals surface area contributed by atoms with Crippen LogP contribution in [0.25, 0.3) is 6.08 Å². The Hall–Kier alpha value is -3.13. The fourth-order valence-corrected chi connectivity index (χ4v) is 2.90. The summed E-state index contributed by atoms with van der Waals surface area (Å²) in [5.41, 5.74) is 0.813. The van der Waals surface area contributed by atoms with E-state index in [4.69, 9.17) is 4.74 Å². The number of aliphatic carboxylic acids is 1. The summed E-state index contributed by atoms with van der Waals surface area (Å²) >= 11 is 3.34. The Morgan fingerprint density at radius 3 is 2.27 bits per heavy atom. The molecule has 0 saturated heterocycles. The van der Waals surface area contributed by atoms with E-state index >= 15 is 0 Å². The molecular weight excluding hydrogens is 452 g/mol. The molecule has 0 saturated carbocycles. The smallest absolute Gasteiger partial charge is 0.326 e. The van der Waals surface area contributed by atoms with Crippen LogP contribution in [0.3, 0.4) is 0 Å². The Morgan fingerprint density at radius 1 is 1.07 bits per heavy atom. The summed E-state index contributed by atoms with van der Waals surface area (Å²) in [6.45, 7) is 3.37. The van der Waals surface area contributed by atoms with E-state index in [0.717, 1.165) is 4.47 Å². The molecule has 7 nitrogen and oxygen atoms in total. The standard InChI is InChI=1S/C22H23BrN2O5/c1-13(2)19(22(28)29)25-21(27)17(12-14-8-10-15(23)11-9-14)24-20(26)16-6-4-5-7-18(16)30-3/h4-13,19H,1-3H3,(H,24,26)(H,25,27)(H,28,29)/b17-12-/t19-/m1/s1. The van der Waals surface area contributed by atoms with Gasteiger partial charge in [-0.25, -0.2) is 4.79 Å². The molecule has 0 spiro atoms. The van der Waals surface area contributed by atoms with Gasteiger partial charge in [0.05, 0.1) is 12.7 Å². The van der Waals surface area contributed by atoms with Gasteiger partial charge in [0, 0.05) is 4.47 Å². The zero-order valence-corrected chi connectivity index (χ0v) is 18.4. The van der Waals surface area contributed by atoms with Crippen molar-refractivity contribution >= 4 is 39.8 Å². The van der Waals surface area contributed by atoms with Crippen molar-refractivity contribution in [2.75, 3.05) is 7.11 Å². The number of para-hydroxylation sites is 1. The first-order valence-corrected chi connectivity index (χ1v) is 9.97. The summed E-state index contributed by atoms with van der Waals surface area (Å²) < 4.78 is 6.06. The fourth-order valence-electron chi connectivity index (χ4n) is 2.64. The first-order valence-electron chi connectivity index (χ1n) is 9.18. The zero-order chi connectivity index (χ0) is 22.3. The highest BCUT2D eigenvalue weighted by atomic mass is 79.9. The maximum Gasteiger partial charge on any atom is 0.326 e. The van der Waals surface area contributed by atoms with Crippen LogP contribution >= 0.6 is 15.9 Å². The lowest BCUT2D eigenvalue weighted by Gasteiger charge is -2.19. The van der Waals surface area contributed by atoms with Gasteiger partial charge >= 0.3 is 5.97 Å². The predicted molar refractivity (Wildman–Crippen MR) is 117 cm³/mol. The maximum atomic E-state index is 12.9. The molecule has 2 amide bonds. The first-order chi connectivity index (χ1) is 14.2. The third-order valence-corrected chi connectivity index (χ3v) is 4.77. The zero-order valence-electron chi connectivity index (χ0n) is 16.8. The van der Waals surface area contributed by atoms with E-state index in [1.165, 1.54) is 13.2 Å². The predicted octanol–water partition coefficient (Wildman–Crippen LogP) is 3.45. The number of carbonyl (C=O) groups is 3. The van der Waals surface area contributed by atoms with Crippen LogP contribution in [0.1, 0.15) is 29.8 Å². The van der Waals surface area contributed by atoms with Gasteiger partial charge in [-0.05, 0) is 41.8 Å². The monoisotopic (exact) mass is 474 g/mol. The normalized spacial score (nSPS) is 12.2. The minimum absolute atomic E-state index is 0.0832. The van der Waals surface area contributed by atoms with E-state index in [1.54, 1.807) is 62.4 Å². The lowest BCUT2D eigenvalue weighted by Crippen LogP contribution is -2.47. The van der Waals surface area contributed by atoms with Gasteiger partial charge in [-0.3, -0.25) is 9.59 Å².